The molecule has 2 aromatic rings. The summed E-state index contributed by atoms with van der Waals surface area (Å²) in [6, 6.07) is 11.4. The summed E-state index contributed by atoms with van der Waals surface area (Å²) in [7, 11) is 0. The van der Waals surface area contributed by atoms with Gasteiger partial charge in [0.05, 0.1) is 11.3 Å². The first kappa shape index (κ1) is 11.9. The number of hydrogen-bond acceptors (Lipinski definition) is 5. The molecule has 4 N–H and O–H groups in total. The molecule has 0 saturated heterocycles. The Kier molecular flexibility index (Phi) is 3.41. The van der Waals surface area contributed by atoms with Crippen molar-refractivity contribution in [1.82, 2.24) is 4.98 Å². The van der Waals surface area contributed by atoms with Gasteiger partial charge in [-0.05, 0) is 24.6 Å². The fourth-order valence-corrected chi connectivity index (χ4v) is 1.66. The van der Waals surface area contributed by atoms with Gasteiger partial charge in [0.2, 0.25) is 0 Å². The average Bonchev–Trinajstić information content (AvgIpc) is 2.39. The van der Waals surface area contributed by atoms with Crippen LogP contribution in [0.4, 0.5) is 17.2 Å². The molecule has 0 aliphatic carbocycles. The lowest BCUT2D eigenvalue weighted by Crippen LogP contribution is -2.08. The largest absolute Gasteiger partial charge is 0.354 e. The van der Waals surface area contributed by atoms with Crippen LogP contribution in [0, 0.1) is 18.3 Å². The Labute approximate surface area is 105 Å². The molecule has 0 radical (unpaired) electrons. The van der Waals surface area contributed by atoms with E-state index in [1.54, 1.807) is 12.3 Å². The third-order valence-electron chi connectivity index (χ3n) is 2.57. The third-order valence-corrected chi connectivity index (χ3v) is 2.57. The smallest absolute Gasteiger partial charge is 0.141 e. The lowest BCUT2D eigenvalue weighted by Gasteiger charge is -2.10. The minimum Gasteiger partial charge on any atom is -0.354 e. The Morgan fingerprint density at radius 1 is 1.33 bits per heavy atom. The van der Waals surface area contributed by atoms with E-state index in [1.807, 2.05) is 31.2 Å². The monoisotopic (exact) mass is 239 g/mol. The van der Waals surface area contributed by atoms with Crippen LogP contribution < -0.4 is 16.6 Å². The molecule has 0 aliphatic heterocycles. The van der Waals surface area contributed by atoms with Gasteiger partial charge < -0.3 is 10.7 Å². The molecule has 1 heterocycles. The number of hydrazine groups is 1. The molecule has 90 valence electrons. The summed E-state index contributed by atoms with van der Waals surface area (Å²) in [5, 5.41) is 12.3. The highest BCUT2D eigenvalue weighted by Crippen LogP contribution is 2.23. The Balaban J connectivity index is 2.34. The van der Waals surface area contributed by atoms with Crippen LogP contribution in [0.15, 0.2) is 36.5 Å². The van der Waals surface area contributed by atoms with Gasteiger partial charge in [0.15, 0.2) is 0 Å². The SMILES string of the molecule is Cc1cccc(Nc2ccnc(NN)c2)c1C#N. The van der Waals surface area contributed by atoms with E-state index in [0.717, 1.165) is 16.9 Å². The van der Waals surface area contributed by atoms with Crippen molar-refractivity contribution < 1.29 is 0 Å². The first-order chi connectivity index (χ1) is 8.74. The Morgan fingerprint density at radius 3 is 2.89 bits per heavy atom. The van der Waals surface area contributed by atoms with Crippen LogP contribution in [0.3, 0.4) is 0 Å². The Bertz CT molecular complexity index is 601. The zero-order valence-electron chi connectivity index (χ0n) is 9.94. The number of nitrogen functional groups attached to an aromatic ring is 1. The van der Waals surface area contributed by atoms with Crippen molar-refractivity contribution in [2.24, 2.45) is 5.84 Å². The minimum absolute atomic E-state index is 0.561. The number of nitrogens with zero attached hydrogens (tertiary/aromatic N) is 2. The number of nitrogens with two attached hydrogens (primary N) is 1. The summed E-state index contributed by atoms with van der Waals surface area (Å²) in [5.74, 6) is 5.86. The number of hydrogen-bond donors (Lipinski definition) is 3. The molecule has 0 saturated carbocycles. The second kappa shape index (κ2) is 5.17. The Hall–Kier alpha value is -2.58. The van der Waals surface area contributed by atoms with Crippen molar-refractivity contribution in [3.8, 4) is 6.07 Å². The van der Waals surface area contributed by atoms with Crippen molar-refractivity contribution in [2.75, 3.05) is 10.7 Å². The fourth-order valence-electron chi connectivity index (χ4n) is 1.66. The summed E-state index contributed by atoms with van der Waals surface area (Å²) in [6.07, 6.45) is 1.64. The molecule has 1 aromatic heterocycles. The van der Waals surface area contributed by atoms with E-state index in [0.29, 0.717) is 11.4 Å². The van der Waals surface area contributed by atoms with Gasteiger partial charge in [-0.25, -0.2) is 10.8 Å². The minimum atomic E-state index is 0.561. The van der Waals surface area contributed by atoms with Gasteiger partial charge in [0.1, 0.15) is 11.9 Å². The number of pyridine rings is 1. The second-order valence-electron chi connectivity index (χ2n) is 3.81. The fraction of sp³-hybridized carbons (Fsp3) is 0.0769. The molecular formula is C13H13N5. The van der Waals surface area contributed by atoms with Gasteiger partial charge in [-0.15, -0.1) is 0 Å². The van der Waals surface area contributed by atoms with Crippen LogP contribution in [-0.2, 0) is 0 Å². The molecule has 5 nitrogen and oxygen atoms in total. The molecular weight excluding hydrogens is 226 g/mol. The number of rotatable bonds is 3. The number of aryl methyl sites for hydroxylation is 1. The van der Waals surface area contributed by atoms with Gasteiger partial charge >= 0.3 is 0 Å². The molecule has 5 heteroatoms. The van der Waals surface area contributed by atoms with E-state index in [-0.39, 0.29) is 0 Å². The molecule has 0 fully saturated rings. The van der Waals surface area contributed by atoms with E-state index in [2.05, 4.69) is 21.8 Å². The topological polar surface area (TPSA) is 86.8 Å². The van der Waals surface area contributed by atoms with Crippen molar-refractivity contribution in [3.05, 3.63) is 47.7 Å². The van der Waals surface area contributed by atoms with Crippen molar-refractivity contribution in [2.45, 2.75) is 6.92 Å². The molecule has 0 unspecified atom stereocenters. The van der Waals surface area contributed by atoms with Gasteiger partial charge in [-0.3, -0.25) is 0 Å². The molecule has 0 amide bonds. The summed E-state index contributed by atoms with van der Waals surface area (Å²) in [5.41, 5.74) is 5.64. The summed E-state index contributed by atoms with van der Waals surface area (Å²) >= 11 is 0. The van der Waals surface area contributed by atoms with E-state index in [9.17, 15) is 0 Å². The summed E-state index contributed by atoms with van der Waals surface area (Å²) in [4.78, 5) is 4.02. The molecule has 0 atom stereocenters. The highest BCUT2D eigenvalue weighted by atomic mass is 15.2. The summed E-state index contributed by atoms with van der Waals surface area (Å²) in [6.45, 7) is 1.91. The number of aromatic nitrogens is 1. The van der Waals surface area contributed by atoms with Crippen LogP contribution in [0.1, 0.15) is 11.1 Å². The highest BCUT2D eigenvalue weighted by molar-refractivity contribution is 5.69. The molecule has 18 heavy (non-hydrogen) atoms. The maximum atomic E-state index is 9.14. The van der Waals surface area contributed by atoms with Gasteiger partial charge in [0.25, 0.3) is 0 Å². The quantitative estimate of drug-likeness (QED) is 0.565. The first-order valence-corrected chi connectivity index (χ1v) is 5.44. The maximum absolute atomic E-state index is 9.14. The summed E-state index contributed by atoms with van der Waals surface area (Å²) < 4.78 is 0. The first-order valence-electron chi connectivity index (χ1n) is 5.44. The van der Waals surface area contributed by atoms with Crippen LogP contribution >= 0.6 is 0 Å². The molecule has 1 aromatic carbocycles. The van der Waals surface area contributed by atoms with Crippen molar-refractivity contribution in [3.63, 3.8) is 0 Å². The maximum Gasteiger partial charge on any atom is 0.141 e. The second-order valence-corrected chi connectivity index (χ2v) is 3.81. The molecule has 0 bridgehead atoms. The van der Waals surface area contributed by atoms with E-state index >= 15 is 0 Å². The lowest BCUT2D eigenvalue weighted by atomic mass is 10.1. The standard InChI is InChI=1S/C13H13N5/c1-9-3-2-4-12(11(9)8-14)17-10-5-6-16-13(7-10)18-15/h2-7H,15H2,1H3,(H2,16,17,18). The van der Waals surface area contributed by atoms with E-state index in [1.165, 1.54) is 0 Å². The van der Waals surface area contributed by atoms with Gasteiger partial charge in [-0.2, -0.15) is 5.26 Å². The zero-order chi connectivity index (χ0) is 13.0. The number of benzene rings is 1. The van der Waals surface area contributed by atoms with Crippen LogP contribution in [-0.4, -0.2) is 4.98 Å². The van der Waals surface area contributed by atoms with Crippen molar-refractivity contribution in [1.29, 1.82) is 5.26 Å². The predicted octanol–water partition coefficient (Wildman–Crippen LogP) is 2.29. The predicted molar refractivity (Wildman–Crippen MR) is 71.2 cm³/mol. The van der Waals surface area contributed by atoms with Gasteiger partial charge in [-0.1, -0.05) is 12.1 Å². The lowest BCUT2D eigenvalue weighted by molar-refractivity contribution is 1.23. The van der Waals surface area contributed by atoms with E-state index < -0.39 is 0 Å². The van der Waals surface area contributed by atoms with Crippen LogP contribution in [0.25, 0.3) is 0 Å². The number of anilines is 3. The molecule has 2 rings (SSSR count). The average molecular weight is 239 g/mol. The number of nitriles is 1. The van der Waals surface area contributed by atoms with Crippen LogP contribution in [0.2, 0.25) is 0 Å². The molecule has 0 aliphatic rings. The highest BCUT2D eigenvalue weighted by Gasteiger charge is 2.05. The molecule has 0 spiro atoms. The third kappa shape index (κ3) is 2.39. The van der Waals surface area contributed by atoms with E-state index in [4.69, 9.17) is 11.1 Å². The number of nitrogens with one attached hydrogen (secondary N) is 2. The normalized spacial score (nSPS) is 9.61. The Morgan fingerprint density at radius 2 is 2.17 bits per heavy atom. The van der Waals surface area contributed by atoms with Crippen molar-refractivity contribution >= 4 is 17.2 Å². The van der Waals surface area contributed by atoms with Crippen LogP contribution in [0.5, 0.6) is 0 Å². The zero-order valence-corrected chi connectivity index (χ0v) is 9.94. The van der Waals surface area contributed by atoms with Gasteiger partial charge in [0, 0.05) is 18.0 Å².